The molecule has 0 bridgehead atoms. The Morgan fingerprint density at radius 1 is 1.20 bits per heavy atom. The number of nitrogens with zero attached hydrogens (tertiary/aromatic N) is 4. The molecular formula is C19H24N4O2. The third kappa shape index (κ3) is 2.79. The van der Waals surface area contributed by atoms with E-state index >= 15 is 0 Å². The molecular weight excluding hydrogens is 316 g/mol. The minimum atomic E-state index is -0.302. The Kier molecular flexibility index (Phi) is 3.98. The number of aromatic nitrogens is 3. The zero-order valence-corrected chi connectivity index (χ0v) is 14.8. The maximum absolute atomic E-state index is 13.2. The Balaban J connectivity index is 1.44. The molecule has 0 spiro atoms. The van der Waals surface area contributed by atoms with Crippen molar-refractivity contribution >= 4 is 5.91 Å². The molecule has 0 radical (unpaired) electrons. The van der Waals surface area contributed by atoms with Crippen LogP contribution in [0.2, 0.25) is 0 Å². The first kappa shape index (κ1) is 16.1. The first-order valence-electron chi connectivity index (χ1n) is 8.92. The van der Waals surface area contributed by atoms with Crippen molar-refractivity contribution in [3.63, 3.8) is 0 Å². The highest BCUT2D eigenvalue weighted by atomic mass is 16.5. The molecule has 1 aliphatic heterocycles. The van der Waals surface area contributed by atoms with Gasteiger partial charge in [-0.2, -0.15) is 0 Å². The number of hydrogen-bond acceptors (Lipinski definition) is 4. The molecule has 0 N–H and O–H groups in total. The van der Waals surface area contributed by atoms with Crippen LogP contribution < -0.4 is 4.74 Å². The maximum Gasteiger partial charge on any atom is 0.233 e. The second-order valence-corrected chi connectivity index (χ2v) is 7.18. The SMILES string of the molecule is COc1ccc(C2(C(=O)N3CCC(c4nncn4C)CC3)CC2)cc1. The van der Waals surface area contributed by atoms with Crippen molar-refractivity contribution in [1.29, 1.82) is 0 Å². The molecule has 1 saturated carbocycles. The average Bonchev–Trinajstić information content (AvgIpc) is 3.37. The lowest BCUT2D eigenvalue weighted by Crippen LogP contribution is -2.43. The van der Waals surface area contributed by atoms with Crippen LogP contribution in [0.15, 0.2) is 30.6 Å². The predicted octanol–water partition coefficient (Wildman–Crippen LogP) is 2.26. The van der Waals surface area contributed by atoms with Crippen LogP contribution in [-0.2, 0) is 17.3 Å². The number of methoxy groups -OCH3 is 1. The van der Waals surface area contributed by atoms with E-state index in [0.717, 1.165) is 55.9 Å². The minimum Gasteiger partial charge on any atom is -0.497 e. The fourth-order valence-electron chi connectivity index (χ4n) is 3.97. The molecule has 132 valence electrons. The first-order chi connectivity index (χ1) is 12.1. The number of likely N-dealkylation sites (tertiary alicyclic amines) is 1. The van der Waals surface area contributed by atoms with Gasteiger partial charge < -0.3 is 14.2 Å². The predicted molar refractivity (Wildman–Crippen MR) is 93.5 cm³/mol. The van der Waals surface area contributed by atoms with Gasteiger partial charge in [0.1, 0.15) is 17.9 Å². The Bertz CT molecular complexity index is 756. The number of piperidine rings is 1. The molecule has 0 atom stereocenters. The number of hydrogen-bond donors (Lipinski definition) is 0. The lowest BCUT2D eigenvalue weighted by Gasteiger charge is -2.34. The van der Waals surface area contributed by atoms with Gasteiger partial charge in [0, 0.05) is 26.1 Å². The molecule has 1 aromatic carbocycles. The highest BCUT2D eigenvalue weighted by Gasteiger charge is 2.53. The van der Waals surface area contributed by atoms with Crippen molar-refractivity contribution in [3.8, 4) is 5.75 Å². The lowest BCUT2D eigenvalue weighted by atomic mass is 9.91. The third-order valence-corrected chi connectivity index (χ3v) is 5.70. The lowest BCUT2D eigenvalue weighted by molar-refractivity contribution is -0.135. The van der Waals surface area contributed by atoms with Crippen molar-refractivity contribution < 1.29 is 9.53 Å². The fourth-order valence-corrected chi connectivity index (χ4v) is 3.97. The normalized spacial score (nSPS) is 19.7. The van der Waals surface area contributed by atoms with Gasteiger partial charge in [0.15, 0.2) is 0 Å². The zero-order valence-electron chi connectivity index (χ0n) is 14.8. The van der Waals surface area contributed by atoms with Crippen LogP contribution in [0.4, 0.5) is 0 Å². The second kappa shape index (κ2) is 6.17. The molecule has 4 rings (SSSR count). The van der Waals surface area contributed by atoms with E-state index in [1.165, 1.54) is 0 Å². The summed E-state index contributed by atoms with van der Waals surface area (Å²) in [5.74, 6) is 2.54. The number of benzene rings is 1. The molecule has 1 saturated heterocycles. The van der Waals surface area contributed by atoms with Crippen LogP contribution >= 0.6 is 0 Å². The van der Waals surface area contributed by atoms with E-state index in [9.17, 15) is 4.79 Å². The van der Waals surface area contributed by atoms with Crippen molar-refractivity contribution in [3.05, 3.63) is 42.0 Å². The Morgan fingerprint density at radius 3 is 2.40 bits per heavy atom. The van der Waals surface area contributed by atoms with Crippen LogP contribution in [0.5, 0.6) is 5.75 Å². The zero-order chi connectivity index (χ0) is 17.4. The summed E-state index contributed by atoms with van der Waals surface area (Å²) in [6.45, 7) is 1.60. The standard InChI is InChI=1S/C19H24N4O2/c1-22-13-20-21-17(22)14-7-11-23(12-8-14)18(24)19(9-10-19)15-3-5-16(25-2)6-4-15/h3-6,13-14H,7-12H2,1-2H3. The van der Waals surface area contributed by atoms with E-state index < -0.39 is 0 Å². The van der Waals surface area contributed by atoms with E-state index in [-0.39, 0.29) is 11.3 Å². The van der Waals surface area contributed by atoms with Crippen LogP contribution in [0.3, 0.4) is 0 Å². The summed E-state index contributed by atoms with van der Waals surface area (Å²) in [4.78, 5) is 15.2. The topological polar surface area (TPSA) is 60.2 Å². The van der Waals surface area contributed by atoms with Crippen LogP contribution in [0.25, 0.3) is 0 Å². The molecule has 6 heteroatoms. The van der Waals surface area contributed by atoms with Gasteiger partial charge in [-0.25, -0.2) is 0 Å². The van der Waals surface area contributed by atoms with E-state index in [0.29, 0.717) is 5.92 Å². The fraction of sp³-hybridized carbons (Fsp3) is 0.526. The summed E-state index contributed by atoms with van der Waals surface area (Å²) >= 11 is 0. The number of rotatable bonds is 4. The first-order valence-corrected chi connectivity index (χ1v) is 8.92. The monoisotopic (exact) mass is 340 g/mol. The highest BCUT2D eigenvalue weighted by molar-refractivity contribution is 5.91. The average molecular weight is 340 g/mol. The minimum absolute atomic E-state index is 0.286. The van der Waals surface area contributed by atoms with Gasteiger partial charge in [-0.1, -0.05) is 12.1 Å². The van der Waals surface area contributed by atoms with Crippen LogP contribution in [0, 0.1) is 0 Å². The summed E-state index contributed by atoms with van der Waals surface area (Å²) in [6, 6.07) is 7.97. The van der Waals surface area contributed by atoms with Gasteiger partial charge >= 0.3 is 0 Å². The van der Waals surface area contributed by atoms with Crippen molar-refractivity contribution in [2.75, 3.05) is 20.2 Å². The van der Waals surface area contributed by atoms with Gasteiger partial charge in [-0.05, 0) is 43.4 Å². The number of carbonyl (C=O) groups excluding carboxylic acids is 1. The van der Waals surface area contributed by atoms with Gasteiger partial charge in [0.05, 0.1) is 12.5 Å². The van der Waals surface area contributed by atoms with Gasteiger partial charge in [-0.15, -0.1) is 10.2 Å². The van der Waals surface area contributed by atoms with Crippen LogP contribution in [-0.4, -0.2) is 45.8 Å². The van der Waals surface area contributed by atoms with Gasteiger partial charge in [0.2, 0.25) is 5.91 Å². The van der Waals surface area contributed by atoms with E-state index in [1.807, 2.05) is 40.8 Å². The molecule has 6 nitrogen and oxygen atoms in total. The summed E-state index contributed by atoms with van der Waals surface area (Å²) in [5.41, 5.74) is 0.817. The molecule has 25 heavy (non-hydrogen) atoms. The van der Waals surface area contributed by atoms with E-state index in [4.69, 9.17) is 4.74 Å². The maximum atomic E-state index is 13.2. The van der Waals surface area contributed by atoms with Crippen molar-refractivity contribution in [1.82, 2.24) is 19.7 Å². The number of aryl methyl sites for hydroxylation is 1. The molecule has 2 aliphatic rings. The quantitative estimate of drug-likeness (QED) is 0.857. The van der Waals surface area contributed by atoms with Crippen molar-refractivity contribution in [2.45, 2.75) is 37.0 Å². The third-order valence-electron chi connectivity index (χ3n) is 5.70. The smallest absolute Gasteiger partial charge is 0.233 e. The second-order valence-electron chi connectivity index (χ2n) is 7.18. The van der Waals surface area contributed by atoms with E-state index in [1.54, 1.807) is 13.4 Å². The highest BCUT2D eigenvalue weighted by Crippen LogP contribution is 2.50. The Hall–Kier alpha value is -2.37. The molecule has 1 amide bonds. The van der Waals surface area contributed by atoms with Gasteiger partial charge in [0.25, 0.3) is 0 Å². The Morgan fingerprint density at radius 2 is 1.88 bits per heavy atom. The van der Waals surface area contributed by atoms with Crippen molar-refractivity contribution in [2.24, 2.45) is 7.05 Å². The number of ether oxygens (including phenoxy) is 1. The molecule has 2 aromatic rings. The molecule has 2 heterocycles. The Labute approximate surface area is 147 Å². The summed E-state index contributed by atoms with van der Waals surface area (Å²) in [6.07, 6.45) is 5.55. The van der Waals surface area contributed by atoms with Crippen LogP contribution in [0.1, 0.15) is 43.0 Å². The number of amides is 1. The summed E-state index contributed by atoms with van der Waals surface area (Å²) < 4.78 is 7.22. The van der Waals surface area contributed by atoms with Gasteiger partial charge in [-0.3, -0.25) is 4.79 Å². The van der Waals surface area contributed by atoms with E-state index in [2.05, 4.69) is 10.2 Å². The molecule has 1 aliphatic carbocycles. The summed E-state index contributed by atoms with van der Waals surface area (Å²) in [5, 5.41) is 8.21. The molecule has 2 fully saturated rings. The molecule has 1 aromatic heterocycles. The largest absolute Gasteiger partial charge is 0.497 e. The number of carbonyl (C=O) groups is 1. The molecule has 0 unspecified atom stereocenters. The summed E-state index contributed by atoms with van der Waals surface area (Å²) in [7, 11) is 3.64.